The van der Waals surface area contributed by atoms with Gasteiger partial charge in [-0.3, -0.25) is 0 Å². The summed E-state index contributed by atoms with van der Waals surface area (Å²) in [6, 6.07) is 3.22. The van der Waals surface area contributed by atoms with Crippen LogP contribution in [-0.2, 0) is 20.2 Å². The van der Waals surface area contributed by atoms with Crippen molar-refractivity contribution in [2.75, 3.05) is 5.73 Å². The molecule has 0 aliphatic heterocycles. The van der Waals surface area contributed by atoms with Crippen LogP contribution < -0.4 is 35.3 Å². The molecule has 8 nitrogen and oxygen atoms in total. The van der Waals surface area contributed by atoms with E-state index in [1.165, 1.54) is 0 Å². The molecule has 0 saturated heterocycles. The normalized spacial score (nSPS) is 12.1. The van der Waals surface area contributed by atoms with Crippen LogP contribution in [0.5, 0.6) is 5.75 Å². The Labute approximate surface area is 142 Å². The zero-order valence-corrected chi connectivity index (χ0v) is 14.2. The van der Waals surface area contributed by atoms with Gasteiger partial charge < -0.3 is 19.9 Å². The van der Waals surface area contributed by atoms with Gasteiger partial charge in [0.05, 0.1) is 9.79 Å². The first-order valence-corrected chi connectivity index (χ1v) is 7.80. The van der Waals surface area contributed by atoms with E-state index in [-0.39, 0.29) is 46.0 Å². The summed E-state index contributed by atoms with van der Waals surface area (Å²) >= 11 is 0. The molecule has 3 N–H and O–H groups in total. The molecule has 0 unspecified atom stereocenters. The van der Waals surface area contributed by atoms with Crippen molar-refractivity contribution in [1.82, 2.24) is 0 Å². The monoisotopic (exact) mass is 340 g/mol. The van der Waals surface area contributed by atoms with Crippen molar-refractivity contribution >= 4 is 36.7 Å². The Morgan fingerprint density at radius 1 is 0.905 bits per heavy atom. The first-order valence-electron chi connectivity index (χ1n) is 4.98. The summed E-state index contributed by atoms with van der Waals surface area (Å²) in [5.41, 5.74) is 5.29. The van der Waals surface area contributed by atoms with Crippen molar-refractivity contribution < 1.29 is 60.6 Å². The van der Waals surface area contributed by atoms with Crippen LogP contribution in [0.1, 0.15) is 0 Å². The summed E-state index contributed by atoms with van der Waals surface area (Å²) < 4.78 is 65.6. The van der Waals surface area contributed by atoms with Crippen LogP contribution in [0.2, 0.25) is 0 Å². The molecule has 2 aromatic carbocycles. The third-order valence-corrected chi connectivity index (χ3v) is 4.21. The number of anilines is 1. The molecule has 0 bridgehead atoms. The summed E-state index contributed by atoms with van der Waals surface area (Å²) in [5.74, 6) is -0.607. The second-order valence-electron chi connectivity index (χ2n) is 3.96. The number of hydrogen-bond acceptors (Lipinski definition) is 8. The Hall–Kier alpha value is -0.880. The summed E-state index contributed by atoms with van der Waals surface area (Å²) in [4.78, 5) is -1.45. The molecule has 0 amide bonds. The first-order chi connectivity index (χ1) is 9.00. The second kappa shape index (κ2) is 5.72. The van der Waals surface area contributed by atoms with Gasteiger partial charge in [-0.15, -0.1) is 0 Å². The molecule has 2 rings (SSSR count). The van der Waals surface area contributed by atoms with Crippen LogP contribution in [0.3, 0.4) is 0 Å². The van der Waals surface area contributed by atoms with Gasteiger partial charge in [0.2, 0.25) is 0 Å². The van der Waals surface area contributed by atoms with Crippen molar-refractivity contribution in [1.29, 1.82) is 0 Å². The Morgan fingerprint density at radius 3 is 1.76 bits per heavy atom. The average molecular weight is 340 g/mol. The van der Waals surface area contributed by atoms with E-state index in [2.05, 4.69) is 0 Å². The number of nitrogen functional groups attached to an aromatic ring is 1. The van der Waals surface area contributed by atoms with E-state index in [0.717, 1.165) is 18.2 Å². The molecule has 0 fully saturated rings. The zero-order chi connectivity index (χ0) is 15.3. The van der Waals surface area contributed by atoms with Crippen molar-refractivity contribution in [3.8, 4) is 5.75 Å². The molecular weight excluding hydrogens is 333 g/mol. The van der Waals surface area contributed by atoms with Crippen molar-refractivity contribution in [2.45, 2.75) is 9.79 Å². The fraction of sp³-hybridized carbons (Fsp3) is 0. The SMILES string of the molecule is Nc1cc(S(=O)(=O)[O-])cc2cc(S(=O)(=O)[O-])cc(O)c12.[Na+]. The first kappa shape index (κ1) is 18.2. The minimum Gasteiger partial charge on any atom is -0.744 e. The minimum atomic E-state index is -4.86. The molecule has 108 valence electrons. The molecule has 0 atom stereocenters. The molecular formula is C10H7NNaO7S2-. The van der Waals surface area contributed by atoms with E-state index in [1.807, 2.05) is 0 Å². The maximum atomic E-state index is 10.9. The van der Waals surface area contributed by atoms with E-state index in [9.17, 15) is 31.0 Å². The number of hydrogen-bond donors (Lipinski definition) is 2. The maximum absolute atomic E-state index is 10.9. The third kappa shape index (κ3) is 3.66. The number of aromatic hydroxyl groups is 1. The van der Waals surface area contributed by atoms with E-state index >= 15 is 0 Å². The maximum Gasteiger partial charge on any atom is 1.00 e. The molecule has 0 saturated carbocycles. The fourth-order valence-corrected chi connectivity index (χ4v) is 2.83. The minimum absolute atomic E-state index is 0. The quantitative estimate of drug-likeness (QED) is 0.331. The van der Waals surface area contributed by atoms with Gasteiger partial charge in [-0.05, 0) is 29.7 Å². The molecule has 0 spiro atoms. The predicted octanol–water partition coefficient (Wildman–Crippen LogP) is -3.06. The number of rotatable bonds is 2. The Kier molecular flexibility index (Phi) is 4.95. The Morgan fingerprint density at radius 2 is 1.33 bits per heavy atom. The Bertz CT molecular complexity index is 849. The van der Waals surface area contributed by atoms with Gasteiger partial charge in [0.1, 0.15) is 26.0 Å². The van der Waals surface area contributed by atoms with Crippen molar-refractivity contribution in [3.05, 3.63) is 24.3 Å². The second-order valence-corrected chi connectivity index (χ2v) is 6.72. The smallest absolute Gasteiger partial charge is 0.744 e. The number of phenolic OH excluding ortho intramolecular Hbond substituents is 1. The number of phenols is 1. The molecule has 0 radical (unpaired) electrons. The fourth-order valence-electron chi connectivity index (χ4n) is 1.76. The van der Waals surface area contributed by atoms with E-state index in [0.29, 0.717) is 6.07 Å². The van der Waals surface area contributed by atoms with Crippen molar-refractivity contribution in [2.24, 2.45) is 0 Å². The van der Waals surface area contributed by atoms with Crippen LogP contribution in [0.25, 0.3) is 10.8 Å². The van der Waals surface area contributed by atoms with Crippen LogP contribution in [0, 0.1) is 0 Å². The molecule has 0 aliphatic carbocycles. The molecule has 11 heteroatoms. The van der Waals surface area contributed by atoms with E-state index < -0.39 is 35.8 Å². The van der Waals surface area contributed by atoms with Crippen molar-refractivity contribution in [3.63, 3.8) is 0 Å². The Balaban J connectivity index is 0.00000220. The van der Waals surface area contributed by atoms with Crippen LogP contribution in [-0.4, -0.2) is 31.0 Å². The summed E-state index contributed by atoms with van der Waals surface area (Å²) in [6.07, 6.45) is 0. The van der Waals surface area contributed by atoms with Gasteiger partial charge in [0, 0.05) is 11.1 Å². The van der Waals surface area contributed by atoms with Gasteiger partial charge in [0.25, 0.3) is 0 Å². The molecule has 0 aliphatic rings. The van der Waals surface area contributed by atoms with E-state index in [4.69, 9.17) is 5.73 Å². The molecule has 0 heterocycles. The van der Waals surface area contributed by atoms with Crippen LogP contribution >= 0.6 is 0 Å². The van der Waals surface area contributed by atoms with Gasteiger partial charge in [0.15, 0.2) is 0 Å². The average Bonchev–Trinajstić information content (AvgIpc) is 2.25. The third-order valence-electron chi connectivity index (χ3n) is 2.58. The standard InChI is InChI=1S/C10H9NO7S2.Na/c11-8-3-6(19(13,14)15)1-5-2-7(20(16,17)18)4-9(12)10(5)8;/h1-4,12H,11H2,(H,13,14,15)(H,16,17,18);/q;+1/p-2. The largest absolute Gasteiger partial charge is 1.00 e. The van der Waals surface area contributed by atoms with Crippen LogP contribution in [0.4, 0.5) is 5.69 Å². The summed E-state index contributed by atoms with van der Waals surface area (Å²) in [7, 11) is -9.67. The van der Waals surface area contributed by atoms with Gasteiger partial charge in [-0.1, -0.05) is 0 Å². The molecule has 2 aromatic rings. The predicted molar refractivity (Wildman–Crippen MR) is 66.0 cm³/mol. The zero-order valence-electron chi connectivity index (χ0n) is 10.6. The number of nitrogens with two attached hydrogens (primary N) is 1. The van der Waals surface area contributed by atoms with Gasteiger partial charge in [-0.25, -0.2) is 16.8 Å². The van der Waals surface area contributed by atoms with E-state index in [1.54, 1.807) is 0 Å². The summed E-state index contributed by atoms with van der Waals surface area (Å²) in [6.45, 7) is 0. The molecule has 0 aromatic heterocycles. The number of benzene rings is 2. The van der Waals surface area contributed by atoms with Gasteiger partial charge in [-0.2, -0.15) is 0 Å². The van der Waals surface area contributed by atoms with Crippen LogP contribution in [0.15, 0.2) is 34.1 Å². The number of fused-ring (bicyclic) bond motifs is 1. The topological polar surface area (TPSA) is 161 Å². The summed E-state index contributed by atoms with van der Waals surface area (Å²) in [5, 5.41) is 9.48. The van der Waals surface area contributed by atoms with Gasteiger partial charge >= 0.3 is 29.6 Å². The molecule has 21 heavy (non-hydrogen) atoms.